The number of benzene rings is 1. The average molecular weight is 261 g/mol. The number of amides is 2. The zero-order valence-electron chi connectivity index (χ0n) is 10.3. The fourth-order valence-electron chi connectivity index (χ4n) is 2.68. The molecular formula is C13H15N3O3. The van der Waals surface area contributed by atoms with Gasteiger partial charge >= 0.3 is 0 Å². The Morgan fingerprint density at radius 2 is 2.11 bits per heavy atom. The molecule has 2 aliphatic heterocycles. The molecule has 1 aromatic rings. The normalized spacial score (nSPS) is 29.8. The van der Waals surface area contributed by atoms with Crippen molar-refractivity contribution in [3.8, 4) is 0 Å². The van der Waals surface area contributed by atoms with Crippen molar-refractivity contribution < 1.29 is 14.7 Å². The lowest BCUT2D eigenvalue weighted by molar-refractivity contribution is -0.124. The van der Waals surface area contributed by atoms with Gasteiger partial charge in [0, 0.05) is 18.7 Å². The summed E-state index contributed by atoms with van der Waals surface area (Å²) in [6.07, 6.45) is -0.520. The second kappa shape index (κ2) is 4.32. The molecular weight excluding hydrogens is 246 g/mol. The minimum atomic E-state index is -1.03. The maximum atomic E-state index is 12.3. The predicted molar refractivity (Wildman–Crippen MR) is 67.0 cm³/mol. The van der Waals surface area contributed by atoms with Crippen molar-refractivity contribution in [3.63, 3.8) is 0 Å². The third-order valence-electron chi connectivity index (χ3n) is 3.69. The molecule has 6 heteroatoms. The molecule has 3 rings (SSSR count). The molecule has 100 valence electrons. The van der Waals surface area contributed by atoms with Crippen molar-refractivity contribution in [1.29, 1.82) is 0 Å². The van der Waals surface area contributed by atoms with Gasteiger partial charge in [0.1, 0.15) is 5.54 Å². The number of nitrogens with one attached hydrogen (secondary N) is 2. The molecule has 1 spiro atoms. The number of hydrogen-bond donors (Lipinski definition) is 3. The molecule has 0 aliphatic carbocycles. The summed E-state index contributed by atoms with van der Waals surface area (Å²) in [5.41, 5.74) is -0.234. The quantitative estimate of drug-likeness (QED) is 0.622. The maximum Gasteiger partial charge on any atom is 0.253 e. The Balaban J connectivity index is 1.76. The number of carbonyl (C=O) groups excluding carboxylic acids is 2. The molecule has 1 aromatic carbocycles. The van der Waals surface area contributed by atoms with E-state index in [4.69, 9.17) is 0 Å². The molecule has 2 fully saturated rings. The molecule has 0 saturated carbocycles. The second-order valence-corrected chi connectivity index (χ2v) is 4.95. The van der Waals surface area contributed by atoms with Crippen LogP contribution >= 0.6 is 0 Å². The van der Waals surface area contributed by atoms with Crippen LogP contribution in [0.15, 0.2) is 30.3 Å². The average Bonchev–Trinajstić information content (AvgIpc) is 2.95. The Bertz CT molecular complexity index is 519. The molecule has 3 N–H and O–H groups in total. The fourth-order valence-corrected chi connectivity index (χ4v) is 2.68. The number of rotatable bonds is 1. The van der Waals surface area contributed by atoms with Crippen LogP contribution in [0.1, 0.15) is 16.8 Å². The molecule has 2 amide bonds. The Morgan fingerprint density at radius 3 is 2.74 bits per heavy atom. The minimum Gasteiger partial charge on any atom is -0.361 e. The first-order valence-corrected chi connectivity index (χ1v) is 6.22. The first-order valence-electron chi connectivity index (χ1n) is 6.22. The summed E-state index contributed by atoms with van der Waals surface area (Å²) < 4.78 is 0. The fraction of sp³-hybridized carbons (Fsp3) is 0.385. The van der Waals surface area contributed by atoms with Crippen LogP contribution in [0.5, 0.6) is 0 Å². The lowest BCUT2D eigenvalue weighted by atomic mass is 9.99. The number of nitrogens with zero attached hydrogens (tertiary/aromatic N) is 1. The lowest BCUT2D eigenvalue weighted by Gasteiger charge is -2.21. The van der Waals surface area contributed by atoms with Crippen LogP contribution in [0.2, 0.25) is 0 Å². The number of aliphatic hydroxyl groups is 1. The van der Waals surface area contributed by atoms with Gasteiger partial charge in [-0.3, -0.25) is 14.9 Å². The maximum absolute atomic E-state index is 12.3. The lowest BCUT2D eigenvalue weighted by Crippen LogP contribution is -2.50. The van der Waals surface area contributed by atoms with E-state index >= 15 is 0 Å². The molecule has 2 unspecified atom stereocenters. The second-order valence-electron chi connectivity index (χ2n) is 4.95. The molecule has 2 aliphatic rings. The number of carbonyl (C=O) groups is 2. The Labute approximate surface area is 110 Å². The van der Waals surface area contributed by atoms with E-state index in [1.54, 1.807) is 17.0 Å². The van der Waals surface area contributed by atoms with Gasteiger partial charge in [0.2, 0.25) is 5.91 Å². The van der Waals surface area contributed by atoms with Crippen LogP contribution in [-0.2, 0) is 4.79 Å². The van der Waals surface area contributed by atoms with E-state index < -0.39 is 11.9 Å². The van der Waals surface area contributed by atoms with E-state index in [9.17, 15) is 14.7 Å². The van der Waals surface area contributed by atoms with Gasteiger partial charge in [-0.25, -0.2) is 0 Å². The van der Waals surface area contributed by atoms with Crippen LogP contribution in [0.4, 0.5) is 0 Å². The summed E-state index contributed by atoms with van der Waals surface area (Å²) in [5, 5.41) is 14.7. The van der Waals surface area contributed by atoms with Crippen LogP contribution in [0.25, 0.3) is 0 Å². The molecule has 6 nitrogen and oxygen atoms in total. The van der Waals surface area contributed by atoms with Crippen molar-refractivity contribution in [2.24, 2.45) is 0 Å². The Morgan fingerprint density at radius 1 is 1.37 bits per heavy atom. The number of aliphatic hydroxyl groups excluding tert-OH is 1. The van der Waals surface area contributed by atoms with Gasteiger partial charge in [-0.15, -0.1) is 0 Å². The monoisotopic (exact) mass is 261 g/mol. The van der Waals surface area contributed by atoms with E-state index in [1.807, 2.05) is 18.2 Å². The van der Waals surface area contributed by atoms with Gasteiger partial charge in [0.05, 0.1) is 0 Å². The largest absolute Gasteiger partial charge is 0.361 e. The standard InChI is InChI=1S/C13H15N3O3/c17-10(9-4-2-1-3-5-9)16-7-6-13(8-16)11(18)14-12(19)15-13/h1-5,12,15,19H,6-8H2,(H,14,18). The van der Waals surface area contributed by atoms with Crippen LogP contribution in [0, 0.1) is 0 Å². The van der Waals surface area contributed by atoms with E-state index in [0.29, 0.717) is 18.5 Å². The zero-order chi connectivity index (χ0) is 13.5. The first kappa shape index (κ1) is 12.1. The Kier molecular flexibility index (Phi) is 2.76. The van der Waals surface area contributed by atoms with E-state index in [-0.39, 0.29) is 18.4 Å². The van der Waals surface area contributed by atoms with Crippen molar-refractivity contribution in [3.05, 3.63) is 35.9 Å². The smallest absolute Gasteiger partial charge is 0.253 e. The van der Waals surface area contributed by atoms with Crippen molar-refractivity contribution in [2.75, 3.05) is 13.1 Å². The predicted octanol–water partition coefficient (Wildman–Crippen LogP) is -0.733. The molecule has 0 aromatic heterocycles. The van der Waals surface area contributed by atoms with E-state index in [1.165, 1.54) is 0 Å². The summed E-state index contributed by atoms with van der Waals surface area (Å²) in [7, 11) is 0. The van der Waals surface area contributed by atoms with E-state index in [2.05, 4.69) is 10.6 Å². The van der Waals surface area contributed by atoms with Gasteiger partial charge in [0.15, 0.2) is 6.35 Å². The van der Waals surface area contributed by atoms with Crippen LogP contribution < -0.4 is 10.6 Å². The first-order chi connectivity index (χ1) is 9.11. The minimum absolute atomic E-state index is 0.0894. The third kappa shape index (κ3) is 1.98. The van der Waals surface area contributed by atoms with Crippen LogP contribution in [-0.4, -0.2) is 46.8 Å². The third-order valence-corrected chi connectivity index (χ3v) is 3.69. The topological polar surface area (TPSA) is 81.7 Å². The van der Waals surface area contributed by atoms with Gasteiger partial charge in [-0.05, 0) is 18.6 Å². The number of hydrogen-bond acceptors (Lipinski definition) is 4. The SMILES string of the molecule is O=C(c1ccccc1)N1CCC2(C1)NC(O)NC2=O. The van der Waals surface area contributed by atoms with Gasteiger partial charge in [0.25, 0.3) is 5.91 Å². The van der Waals surface area contributed by atoms with Crippen LogP contribution in [0.3, 0.4) is 0 Å². The van der Waals surface area contributed by atoms with E-state index in [0.717, 1.165) is 0 Å². The molecule has 2 heterocycles. The number of likely N-dealkylation sites (tertiary alicyclic amines) is 1. The summed E-state index contributed by atoms with van der Waals surface area (Å²) in [5.74, 6) is -0.336. The summed E-state index contributed by atoms with van der Waals surface area (Å²) in [6, 6.07) is 8.98. The Hall–Kier alpha value is -1.92. The van der Waals surface area contributed by atoms with Gasteiger partial charge < -0.3 is 15.3 Å². The molecule has 0 radical (unpaired) electrons. The van der Waals surface area contributed by atoms with Crippen molar-refractivity contribution >= 4 is 11.8 Å². The summed E-state index contributed by atoms with van der Waals surface area (Å²) in [4.78, 5) is 25.8. The van der Waals surface area contributed by atoms with Crippen molar-refractivity contribution in [2.45, 2.75) is 18.3 Å². The van der Waals surface area contributed by atoms with Gasteiger partial charge in [-0.1, -0.05) is 18.2 Å². The molecule has 2 saturated heterocycles. The van der Waals surface area contributed by atoms with Gasteiger partial charge in [-0.2, -0.15) is 0 Å². The van der Waals surface area contributed by atoms with Crippen molar-refractivity contribution in [1.82, 2.24) is 15.5 Å². The molecule has 0 bridgehead atoms. The molecule has 2 atom stereocenters. The highest BCUT2D eigenvalue weighted by Gasteiger charge is 2.51. The summed E-state index contributed by atoms with van der Waals surface area (Å²) >= 11 is 0. The summed E-state index contributed by atoms with van der Waals surface area (Å²) in [6.45, 7) is 0.782. The molecule has 19 heavy (non-hydrogen) atoms. The zero-order valence-corrected chi connectivity index (χ0v) is 10.3. The highest BCUT2D eigenvalue weighted by atomic mass is 16.3. The highest BCUT2D eigenvalue weighted by Crippen LogP contribution is 2.26. The highest BCUT2D eigenvalue weighted by molar-refractivity contribution is 5.96.